The van der Waals surface area contributed by atoms with Gasteiger partial charge in [0, 0.05) is 22.9 Å². The van der Waals surface area contributed by atoms with Crippen molar-refractivity contribution in [2.45, 2.75) is 19.9 Å². The Kier molecular flexibility index (Phi) is 3.08. The molecule has 0 aromatic heterocycles. The van der Waals surface area contributed by atoms with Gasteiger partial charge in [0.2, 0.25) is 0 Å². The molecule has 96 valence electrons. The molecule has 0 saturated carbocycles. The lowest BCUT2D eigenvalue weighted by molar-refractivity contribution is 0.688. The van der Waals surface area contributed by atoms with E-state index in [0.717, 1.165) is 12.4 Å². The Labute approximate surface area is 114 Å². The van der Waals surface area contributed by atoms with Crippen LogP contribution in [-0.4, -0.2) is 18.4 Å². The molecular weight excluding hydrogens is 232 g/mol. The maximum Gasteiger partial charge on any atom is 0.111 e. The van der Waals surface area contributed by atoms with Gasteiger partial charge in [-0.15, -0.1) is 0 Å². The normalized spacial score (nSPS) is 14.3. The molecule has 0 saturated heterocycles. The van der Waals surface area contributed by atoms with E-state index in [2.05, 4.69) is 67.3 Å². The maximum atomic E-state index is 4.79. The summed E-state index contributed by atoms with van der Waals surface area (Å²) < 4.78 is 0. The fourth-order valence-electron chi connectivity index (χ4n) is 2.52. The molecule has 0 fully saturated rings. The molecule has 3 rings (SSSR count). The molecule has 2 heteroatoms. The first kappa shape index (κ1) is 12.0. The molecule has 1 aliphatic rings. The Bertz CT molecular complexity index is 600. The highest BCUT2D eigenvalue weighted by atomic mass is 15.2. The van der Waals surface area contributed by atoms with E-state index in [4.69, 9.17) is 4.99 Å². The summed E-state index contributed by atoms with van der Waals surface area (Å²) in [5, 5.41) is 0. The van der Waals surface area contributed by atoms with E-state index in [0.29, 0.717) is 6.04 Å². The zero-order chi connectivity index (χ0) is 13.2. The summed E-state index contributed by atoms with van der Waals surface area (Å²) in [4.78, 5) is 7.12. The Morgan fingerprint density at radius 3 is 2.37 bits per heavy atom. The quantitative estimate of drug-likeness (QED) is 0.793. The minimum Gasteiger partial charge on any atom is -0.349 e. The summed E-state index contributed by atoms with van der Waals surface area (Å²) in [6.07, 6.45) is 0. The van der Waals surface area contributed by atoms with E-state index < -0.39 is 0 Å². The van der Waals surface area contributed by atoms with Crippen molar-refractivity contribution in [3.8, 4) is 0 Å². The van der Waals surface area contributed by atoms with Crippen LogP contribution in [0.25, 0.3) is 0 Å². The Balaban J connectivity index is 2.11. The van der Waals surface area contributed by atoms with Crippen LogP contribution in [-0.2, 0) is 0 Å². The van der Waals surface area contributed by atoms with Crippen LogP contribution in [0.5, 0.6) is 0 Å². The van der Waals surface area contributed by atoms with Crippen molar-refractivity contribution in [1.29, 1.82) is 0 Å². The fraction of sp³-hybridized carbons (Fsp3) is 0.235. The highest BCUT2D eigenvalue weighted by Crippen LogP contribution is 2.28. The molecule has 0 radical (unpaired) electrons. The summed E-state index contributed by atoms with van der Waals surface area (Å²) in [5.41, 5.74) is 4.81. The van der Waals surface area contributed by atoms with Crippen LogP contribution in [0.4, 0.5) is 5.69 Å². The highest BCUT2D eigenvalue weighted by molar-refractivity contribution is 6.16. The third-order valence-electron chi connectivity index (χ3n) is 3.52. The standard InChI is InChI=1S/C17H18N2/c1-13(2)19-12-18-17(14-8-4-3-5-9-14)15-10-6-7-11-16(15)19/h3-11,13H,12H2,1-2H3. The van der Waals surface area contributed by atoms with Crippen LogP contribution in [0, 0.1) is 0 Å². The molecular formula is C17H18N2. The first-order valence-corrected chi connectivity index (χ1v) is 6.73. The molecule has 0 bridgehead atoms. The molecule has 0 amide bonds. The highest BCUT2D eigenvalue weighted by Gasteiger charge is 2.21. The SMILES string of the molecule is CC(C)N1CN=C(c2ccccc2)c2ccccc21. The Morgan fingerprint density at radius 2 is 1.63 bits per heavy atom. The van der Waals surface area contributed by atoms with E-state index in [1.54, 1.807) is 0 Å². The molecule has 19 heavy (non-hydrogen) atoms. The third-order valence-corrected chi connectivity index (χ3v) is 3.52. The first-order valence-electron chi connectivity index (χ1n) is 6.73. The van der Waals surface area contributed by atoms with Gasteiger partial charge in [-0.3, -0.25) is 4.99 Å². The van der Waals surface area contributed by atoms with Crippen LogP contribution in [0.3, 0.4) is 0 Å². The van der Waals surface area contributed by atoms with Crippen LogP contribution >= 0.6 is 0 Å². The number of nitrogens with zero attached hydrogens (tertiary/aromatic N) is 2. The summed E-state index contributed by atoms with van der Waals surface area (Å²) >= 11 is 0. The second kappa shape index (κ2) is 4.88. The number of anilines is 1. The van der Waals surface area contributed by atoms with Crippen molar-refractivity contribution in [2.75, 3.05) is 11.6 Å². The van der Waals surface area contributed by atoms with Gasteiger partial charge in [-0.1, -0.05) is 48.5 Å². The summed E-state index contributed by atoms with van der Waals surface area (Å²) in [5.74, 6) is 0. The summed E-state index contributed by atoms with van der Waals surface area (Å²) in [6, 6.07) is 19.4. The lowest BCUT2D eigenvalue weighted by atomic mass is 9.98. The van der Waals surface area contributed by atoms with Gasteiger partial charge in [0.05, 0.1) is 5.71 Å². The van der Waals surface area contributed by atoms with Crippen LogP contribution in [0.1, 0.15) is 25.0 Å². The summed E-state index contributed by atoms with van der Waals surface area (Å²) in [7, 11) is 0. The minimum absolute atomic E-state index is 0.460. The van der Waals surface area contributed by atoms with Gasteiger partial charge in [0.15, 0.2) is 0 Å². The number of aliphatic imine (C=N–C) groups is 1. The Morgan fingerprint density at radius 1 is 0.947 bits per heavy atom. The second-order valence-corrected chi connectivity index (χ2v) is 5.09. The summed E-state index contributed by atoms with van der Waals surface area (Å²) in [6.45, 7) is 5.15. The van der Waals surface area contributed by atoms with Gasteiger partial charge in [0.25, 0.3) is 0 Å². The van der Waals surface area contributed by atoms with E-state index >= 15 is 0 Å². The van der Waals surface area contributed by atoms with Crippen molar-refractivity contribution < 1.29 is 0 Å². The lowest BCUT2D eigenvalue weighted by Gasteiger charge is -2.33. The van der Waals surface area contributed by atoms with E-state index in [9.17, 15) is 0 Å². The number of rotatable bonds is 2. The average Bonchev–Trinajstić information content (AvgIpc) is 2.47. The minimum atomic E-state index is 0.460. The van der Waals surface area contributed by atoms with E-state index in [-0.39, 0.29) is 0 Å². The number of benzene rings is 2. The maximum absolute atomic E-state index is 4.79. The predicted octanol–water partition coefficient (Wildman–Crippen LogP) is 3.71. The molecule has 2 aromatic carbocycles. The zero-order valence-corrected chi connectivity index (χ0v) is 11.4. The zero-order valence-electron chi connectivity index (χ0n) is 11.4. The van der Waals surface area contributed by atoms with Gasteiger partial charge in [-0.05, 0) is 19.9 Å². The molecule has 0 spiro atoms. The number of hydrogen-bond donors (Lipinski definition) is 0. The molecule has 0 N–H and O–H groups in total. The van der Waals surface area contributed by atoms with Crippen molar-refractivity contribution >= 4 is 11.4 Å². The number of para-hydroxylation sites is 1. The van der Waals surface area contributed by atoms with Crippen LogP contribution in [0.2, 0.25) is 0 Å². The predicted molar refractivity (Wildman–Crippen MR) is 81.0 cm³/mol. The van der Waals surface area contributed by atoms with Gasteiger partial charge in [-0.25, -0.2) is 0 Å². The van der Waals surface area contributed by atoms with Crippen molar-refractivity contribution in [2.24, 2.45) is 4.99 Å². The van der Waals surface area contributed by atoms with E-state index in [1.807, 2.05) is 6.07 Å². The molecule has 0 aliphatic carbocycles. The molecule has 1 aliphatic heterocycles. The topological polar surface area (TPSA) is 15.6 Å². The van der Waals surface area contributed by atoms with Gasteiger partial charge in [-0.2, -0.15) is 0 Å². The lowest BCUT2D eigenvalue weighted by Crippen LogP contribution is -2.35. The van der Waals surface area contributed by atoms with Gasteiger partial charge >= 0.3 is 0 Å². The molecule has 2 aromatic rings. The Hall–Kier alpha value is -2.09. The van der Waals surface area contributed by atoms with Gasteiger partial charge < -0.3 is 4.90 Å². The van der Waals surface area contributed by atoms with Gasteiger partial charge in [0.1, 0.15) is 6.67 Å². The van der Waals surface area contributed by atoms with Crippen molar-refractivity contribution in [1.82, 2.24) is 0 Å². The largest absolute Gasteiger partial charge is 0.349 e. The van der Waals surface area contributed by atoms with Crippen LogP contribution < -0.4 is 4.90 Å². The number of hydrogen-bond acceptors (Lipinski definition) is 2. The number of fused-ring (bicyclic) bond motifs is 1. The average molecular weight is 250 g/mol. The second-order valence-electron chi connectivity index (χ2n) is 5.09. The first-order chi connectivity index (χ1) is 9.27. The van der Waals surface area contributed by atoms with Crippen molar-refractivity contribution in [3.05, 3.63) is 65.7 Å². The molecule has 2 nitrogen and oxygen atoms in total. The smallest absolute Gasteiger partial charge is 0.111 e. The monoisotopic (exact) mass is 250 g/mol. The third kappa shape index (κ3) is 2.14. The molecule has 0 unspecified atom stereocenters. The van der Waals surface area contributed by atoms with E-state index in [1.165, 1.54) is 16.8 Å². The fourth-order valence-corrected chi connectivity index (χ4v) is 2.52. The van der Waals surface area contributed by atoms with Crippen molar-refractivity contribution in [3.63, 3.8) is 0 Å². The molecule has 1 heterocycles. The molecule has 0 atom stereocenters. The van der Waals surface area contributed by atoms with Crippen LogP contribution in [0.15, 0.2) is 59.6 Å².